The van der Waals surface area contributed by atoms with Crippen LogP contribution in [0.5, 0.6) is 17.2 Å². The number of ether oxygens (including phenoxy) is 2. The summed E-state index contributed by atoms with van der Waals surface area (Å²) in [4.78, 5) is 3.41. The van der Waals surface area contributed by atoms with Crippen LogP contribution in [0.15, 0.2) is 77.2 Å². The second kappa shape index (κ2) is 10.1. The normalized spacial score (nSPS) is 11.6. The first-order valence-electron chi connectivity index (χ1n) is 9.69. The molecule has 33 heavy (non-hydrogen) atoms. The molecular weight excluding hydrogens is 441 g/mol. The van der Waals surface area contributed by atoms with Gasteiger partial charge in [0.25, 0.3) is 0 Å². The van der Waals surface area contributed by atoms with E-state index in [1.165, 1.54) is 0 Å². The Morgan fingerprint density at radius 3 is 2.09 bits per heavy atom. The summed E-state index contributed by atoms with van der Waals surface area (Å²) in [5, 5.41) is 11.4. The SMILES string of the molecule is COc1ccc(-c2cc(=[NH+]c3ccc(O)cc3)c3ccccc3o2)cc1OC.F[B-](F)(F)F. The molecule has 1 heterocycles. The Bertz CT molecular complexity index is 1300. The van der Waals surface area contributed by atoms with Crippen LogP contribution in [-0.2, 0) is 0 Å². The van der Waals surface area contributed by atoms with Gasteiger partial charge in [-0.15, -0.1) is 0 Å². The molecule has 172 valence electrons. The fourth-order valence-electron chi connectivity index (χ4n) is 3.07. The van der Waals surface area contributed by atoms with E-state index in [1.807, 2.05) is 60.7 Å². The number of rotatable bonds is 4. The number of benzene rings is 3. The van der Waals surface area contributed by atoms with Crippen LogP contribution in [-0.4, -0.2) is 26.6 Å². The molecule has 1 aromatic heterocycles. The molecule has 0 spiro atoms. The number of fused-ring (bicyclic) bond motifs is 1. The standard InChI is InChI=1S/C23H19NO4.BF4/c1-26-21-12-7-15(13-23(21)27-2)22-14-19(18-5-3-4-6-20(18)28-22)24-16-8-10-17(25)11-9-16;2-1(3,4)5/h3-14,25H,1-2H3;/q;-1/p+1. The van der Waals surface area contributed by atoms with Gasteiger partial charge in [0.1, 0.15) is 17.1 Å². The summed E-state index contributed by atoms with van der Waals surface area (Å²) < 4.78 is 55.9. The van der Waals surface area contributed by atoms with Crippen molar-refractivity contribution in [3.63, 3.8) is 0 Å². The fourth-order valence-corrected chi connectivity index (χ4v) is 3.07. The molecule has 0 saturated carbocycles. The Balaban J connectivity index is 0.000000555. The third kappa shape index (κ3) is 6.52. The van der Waals surface area contributed by atoms with E-state index in [0.717, 1.165) is 27.6 Å². The third-order valence-corrected chi connectivity index (χ3v) is 4.49. The maximum absolute atomic E-state index is 9.75. The van der Waals surface area contributed by atoms with Crippen molar-refractivity contribution in [2.75, 3.05) is 14.2 Å². The minimum absolute atomic E-state index is 0.226. The Morgan fingerprint density at radius 1 is 0.818 bits per heavy atom. The Kier molecular flexibility index (Phi) is 7.27. The lowest BCUT2D eigenvalue weighted by Crippen LogP contribution is -2.70. The molecule has 5 nitrogen and oxygen atoms in total. The zero-order valence-corrected chi connectivity index (χ0v) is 17.7. The Hall–Kier alpha value is -3.95. The smallest absolute Gasteiger partial charge is 0.508 e. The number of para-hydroxylation sites is 1. The first-order valence-corrected chi connectivity index (χ1v) is 9.69. The van der Waals surface area contributed by atoms with E-state index in [4.69, 9.17) is 13.9 Å². The van der Waals surface area contributed by atoms with Gasteiger partial charge in [0.2, 0.25) is 11.0 Å². The van der Waals surface area contributed by atoms with Crippen LogP contribution in [0.3, 0.4) is 0 Å². The lowest BCUT2D eigenvalue weighted by Gasteiger charge is -2.09. The first kappa shape index (κ1) is 23.7. The second-order valence-corrected chi connectivity index (χ2v) is 6.76. The molecule has 0 bridgehead atoms. The lowest BCUT2D eigenvalue weighted by molar-refractivity contribution is -0.400. The molecule has 0 atom stereocenters. The molecule has 4 aromatic rings. The Morgan fingerprint density at radius 2 is 1.45 bits per heavy atom. The number of phenols is 1. The number of methoxy groups -OCH3 is 2. The average molecular weight is 461 g/mol. The molecule has 10 heteroatoms. The van der Waals surface area contributed by atoms with Gasteiger partial charge < -0.3 is 36.3 Å². The molecule has 0 fully saturated rings. The molecule has 0 amide bonds. The summed E-state index contributed by atoms with van der Waals surface area (Å²) in [5.74, 6) is 2.22. The summed E-state index contributed by atoms with van der Waals surface area (Å²) in [5.41, 5.74) is 2.50. The van der Waals surface area contributed by atoms with Crippen LogP contribution in [0.25, 0.3) is 22.3 Å². The summed E-state index contributed by atoms with van der Waals surface area (Å²) in [6.45, 7) is 0. The van der Waals surface area contributed by atoms with Gasteiger partial charge in [0, 0.05) is 17.7 Å². The van der Waals surface area contributed by atoms with Crippen molar-refractivity contribution < 1.29 is 41.3 Å². The van der Waals surface area contributed by atoms with Gasteiger partial charge in [0.05, 0.1) is 25.7 Å². The van der Waals surface area contributed by atoms with Gasteiger partial charge in [-0.05, 0) is 42.5 Å². The highest BCUT2D eigenvalue weighted by atomic mass is 19.5. The van der Waals surface area contributed by atoms with Crippen molar-refractivity contribution in [1.82, 2.24) is 0 Å². The molecule has 3 aromatic carbocycles. The van der Waals surface area contributed by atoms with E-state index in [0.29, 0.717) is 17.3 Å². The largest absolute Gasteiger partial charge is 0.673 e. The van der Waals surface area contributed by atoms with Gasteiger partial charge in [-0.3, -0.25) is 0 Å². The van der Waals surface area contributed by atoms with Crippen LogP contribution in [0.2, 0.25) is 0 Å². The monoisotopic (exact) mass is 461 g/mol. The van der Waals surface area contributed by atoms with Gasteiger partial charge in [-0.1, -0.05) is 12.1 Å². The molecule has 0 aliphatic rings. The van der Waals surface area contributed by atoms with Crippen molar-refractivity contribution in [2.45, 2.75) is 0 Å². The van der Waals surface area contributed by atoms with E-state index in [1.54, 1.807) is 26.4 Å². The molecule has 0 radical (unpaired) electrons. The molecule has 0 unspecified atom stereocenters. The van der Waals surface area contributed by atoms with Crippen LogP contribution < -0.4 is 19.8 Å². The molecule has 0 saturated heterocycles. The number of aromatic hydroxyl groups is 1. The summed E-state index contributed by atoms with van der Waals surface area (Å²) in [6, 6.07) is 22.4. The highest BCUT2D eigenvalue weighted by Gasteiger charge is 2.20. The van der Waals surface area contributed by atoms with Gasteiger partial charge >= 0.3 is 7.25 Å². The summed E-state index contributed by atoms with van der Waals surface area (Å²) >= 11 is 0. The average Bonchev–Trinajstić information content (AvgIpc) is 2.79. The predicted octanol–water partition coefficient (Wildman–Crippen LogP) is 4.44. The number of hydrogen-bond donors (Lipinski definition) is 2. The maximum Gasteiger partial charge on any atom is 0.673 e. The minimum atomic E-state index is -6.00. The van der Waals surface area contributed by atoms with Crippen LogP contribution in [0.4, 0.5) is 23.0 Å². The highest BCUT2D eigenvalue weighted by Crippen LogP contribution is 2.32. The third-order valence-electron chi connectivity index (χ3n) is 4.49. The second-order valence-electron chi connectivity index (χ2n) is 6.76. The van der Waals surface area contributed by atoms with Crippen LogP contribution >= 0.6 is 0 Å². The highest BCUT2D eigenvalue weighted by molar-refractivity contribution is 6.50. The van der Waals surface area contributed by atoms with E-state index in [2.05, 4.69) is 4.99 Å². The van der Waals surface area contributed by atoms with E-state index in [-0.39, 0.29) is 5.75 Å². The van der Waals surface area contributed by atoms with Crippen LogP contribution in [0.1, 0.15) is 0 Å². The van der Waals surface area contributed by atoms with Crippen molar-refractivity contribution in [3.05, 3.63) is 78.2 Å². The van der Waals surface area contributed by atoms with Crippen molar-refractivity contribution >= 4 is 23.9 Å². The van der Waals surface area contributed by atoms with Crippen molar-refractivity contribution in [1.29, 1.82) is 0 Å². The molecule has 0 aliphatic carbocycles. The quantitative estimate of drug-likeness (QED) is 0.268. The van der Waals surface area contributed by atoms with Crippen molar-refractivity contribution in [2.24, 2.45) is 0 Å². The molecule has 0 aliphatic heterocycles. The zero-order chi connectivity index (χ0) is 24.0. The maximum atomic E-state index is 9.75. The zero-order valence-electron chi connectivity index (χ0n) is 17.7. The number of phenolic OH excluding ortho intramolecular Hbond substituents is 1. The number of halogens is 4. The van der Waals surface area contributed by atoms with Crippen molar-refractivity contribution in [3.8, 4) is 28.6 Å². The van der Waals surface area contributed by atoms with Crippen LogP contribution in [0, 0.1) is 0 Å². The molecular formula is C23H20BF4NO4. The summed E-state index contributed by atoms with van der Waals surface area (Å²) in [7, 11) is -2.78. The first-order chi connectivity index (χ1) is 15.7. The number of nitrogens with one attached hydrogen (secondary N) is 1. The molecule has 4 rings (SSSR count). The van der Waals surface area contributed by atoms with Gasteiger partial charge in [0.15, 0.2) is 11.5 Å². The summed E-state index contributed by atoms with van der Waals surface area (Å²) in [6.07, 6.45) is 0. The topological polar surface area (TPSA) is 65.8 Å². The Labute approximate surface area is 186 Å². The minimum Gasteiger partial charge on any atom is -0.508 e. The fraction of sp³-hybridized carbons (Fsp3) is 0.0870. The van der Waals surface area contributed by atoms with E-state index < -0.39 is 7.25 Å². The predicted molar refractivity (Wildman–Crippen MR) is 117 cm³/mol. The van der Waals surface area contributed by atoms with E-state index in [9.17, 15) is 22.4 Å². The van der Waals surface area contributed by atoms with Gasteiger partial charge in [-0.2, -0.15) is 0 Å². The molecule has 2 N–H and O–H groups in total. The van der Waals surface area contributed by atoms with Gasteiger partial charge in [-0.25, -0.2) is 4.99 Å². The van der Waals surface area contributed by atoms with E-state index >= 15 is 0 Å². The lowest BCUT2D eigenvalue weighted by atomic mass is 10.1. The number of hydrogen-bond acceptors (Lipinski definition) is 4.